The lowest BCUT2D eigenvalue weighted by atomic mass is 10.0. The number of hydrogen-bond acceptors (Lipinski definition) is 7. The highest BCUT2D eigenvalue weighted by Crippen LogP contribution is 2.36. The van der Waals surface area contributed by atoms with Gasteiger partial charge >= 0.3 is 22.8 Å². The van der Waals surface area contributed by atoms with Crippen LogP contribution >= 0.6 is 22.8 Å². The predicted octanol–water partition coefficient (Wildman–Crippen LogP) is -1.62. The lowest BCUT2D eigenvalue weighted by Crippen LogP contribution is -2.59. The van der Waals surface area contributed by atoms with Crippen LogP contribution in [0.15, 0.2) is 0 Å². The fraction of sp³-hybridized carbons (Fsp3) is 0.367. The van der Waals surface area contributed by atoms with Crippen molar-refractivity contribution in [2.45, 2.75) is 12.0 Å². The van der Waals surface area contributed by atoms with Crippen LogP contribution in [0.4, 0.5) is 0 Å². The Morgan fingerprint density at radius 2 is 0.938 bits per heavy atom. The Balaban J connectivity index is 5.52. The van der Waals surface area contributed by atoms with Crippen LogP contribution in [0.3, 0.4) is 0 Å². The maximum atomic E-state index is 12.9. The molecule has 0 saturated carbocycles. The Morgan fingerprint density at radius 3 is 1.25 bits per heavy atom. The van der Waals surface area contributed by atoms with Gasteiger partial charge in [-0.05, 0) is 47.4 Å². The van der Waals surface area contributed by atoms with Crippen molar-refractivity contribution in [1.82, 2.24) is 5.32 Å². The van der Waals surface area contributed by atoms with Crippen LogP contribution in [-0.2, 0) is 32.7 Å². The Hall–Kier alpha value is -4.20. The molecule has 0 bridgehead atoms. The largest absolute Gasteiger partial charge is 0.366 e. The molecule has 0 aliphatic carbocycles. The summed E-state index contributed by atoms with van der Waals surface area (Å²) in [7, 11) is -10.8. The van der Waals surface area contributed by atoms with Gasteiger partial charge < -0.3 is 48.9 Å². The van der Waals surface area contributed by atoms with Gasteiger partial charge in [-0.25, -0.2) is 4.48 Å². The first-order valence-corrected chi connectivity index (χ1v) is 18.2. The minimum Gasteiger partial charge on any atom is -0.366 e. The number of nitrogens with one attached hydrogen (secondary N) is 1. The van der Waals surface area contributed by atoms with Crippen molar-refractivity contribution in [3.05, 3.63) is 0 Å². The van der Waals surface area contributed by atoms with Crippen LogP contribution < -0.4 is 5.32 Å². The summed E-state index contributed by atoms with van der Waals surface area (Å²) >= 11 is 0. The maximum Gasteiger partial charge on any atom is 0.350 e. The maximum absolute atomic E-state index is 12.9. The highest BCUT2D eigenvalue weighted by Gasteiger charge is 2.36. The van der Waals surface area contributed by atoms with Gasteiger partial charge in [0, 0.05) is 41.4 Å². The summed E-state index contributed by atoms with van der Waals surface area (Å²) in [6.07, 6.45) is 1.39. The predicted molar refractivity (Wildman–Crippen MR) is 172 cm³/mol. The molecule has 0 fully saturated rings. The van der Waals surface area contributed by atoms with Crippen molar-refractivity contribution in [1.29, 1.82) is 0 Å². The van der Waals surface area contributed by atoms with Crippen molar-refractivity contribution >= 4 is 28.7 Å². The van der Waals surface area contributed by atoms with Crippen LogP contribution in [0.2, 0.25) is 0 Å². The van der Waals surface area contributed by atoms with Gasteiger partial charge in [-0.1, -0.05) is 0 Å². The van der Waals surface area contributed by atoms with Crippen molar-refractivity contribution < 1.29 is 66.5 Å². The van der Waals surface area contributed by atoms with E-state index in [0.717, 1.165) is 0 Å². The monoisotopic (exact) mass is 719 g/mol. The van der Waals surface area contributed by atoms with E-state index in [4.69, 9.17) is 50.0 Å². The zero-order valence-electron chi connectivity index (χ0n) is 25.6. The highest BCUT2D eigenvalue weighted by atomic mass is 31.2. The zero-order chi connectivity index (χ0) is 36.6. The van der Waals surface area contributed by atoms with E-state index in [2.05, 4.69) is 106 Å². The Bertz CT molecular complexity index is 1790. The molecule has 48 heavy (non-hydrogen) atoms. The summed E-state index contributed by atoms with van der Waals surface area (Å²) in [5.41, 5.74) is -1.88. The third-order valence-electron chi connectivity index (χ3n) is 4.52. The van der Waals surface area contributed by atoms with E-state index in [0.29, 0.717) is 0 Å². The smallest absolute Gasteiger partial charge is 0.350 e. The first-order valence-electron chi connectivity index (χ1n) is 12.8. The molecule has 0 aromatic rings. The highest BCUT2D eigenvalue weighted by molar-refractivity contribution is 7.52. The fourth-order valence-electron chi connectivity index (χ4n) is 2.73. The van der Waals surface area contributed by atoms with Gasteiger partial charge in [-0.2, -0.15) is 0 Å². The molecule has 0 spiro atoms. The minimum atomic E-state index is -4.69. The van der Waals surface area contributed by atoms with Gasteiger partial charge in [0.15, 0.2) is 6.04 Å². The first-order chi connectivity index (χ1) is 22.3. The third kappa shape index (κ3) is 28.1. The normalized spacial score (nSPS) is 10.4. The van der Waals surface area contributed by atoms with E-state index in [1.165, 1.54) is 0 Å². The van der Waals surface area contributed by atoms with E-state index in [-0.39, 0.29) is 17.4 Å². The average molecular weight is 719 g/mol. The molecule has 0 heterocycles. The van der Waals surface area contributed by atoms with E-state index >= 15 is 0 Å². The number of nitrogens with zero attached hydrogens (tertiary/aromatic N) is 1. The van der Waals surface area contributed by atoms with Crippen LogP contribution in [0.25, 0.3) is 0 Å². The fourth-order valence-corrected chi connectivity index (χ4v) is 3.72. The zero-order valence-corrected chi connectivity index (χ0v) is 28.2. The van der Waals surface area contributed by atoms with E-state index in [1.807, 2.05) is 0 Å². The number of quaternary nitrogens is 1. The van der Waals surface area contributed by atoms with Gasteiger partial charge in [-0.3, -0.25) is 18.5 Å². The Kier molecular flexibility index (Phi) is 20.4. The number of rotatable bonds is 16. The number of ether oxygens (including phenoxy) is 3. The third-order valence-corrected chi connectivity index (χ3v) is 6.08. The second-order valence-corrected chi connectivity index (χ2v) is 14.3. The van der Waals surface area contributed by atoms with Gasteiger partial charge in [0.25, 0.3) is 0 Å². The molecule has 252 valence electrons. The van der Waals surface area contributed by atoms with Crippen LogP contribution in [0, 0.1) is 107 Å². The SMILES string of the molecule is C#CC#CC#CC#CC#CC#CC#CC#CC#C[N+](C)(C)CCC(=O)NC(COCP(=O)(O)O)(COCP(=O)(O)O)COCP(=O)(O)O. The number of amides is 1. The summed E-state index contributed by atoms with van der Waals surface area (Å²) < 4.78 is 48.7. The van der Waals surface area contributed by atoms with Gasteiger partial charge in [0.2, 0.25) is 5.91 Å². The molecule has 0 aromatic carbocycles. The number of carbonyl (C=O) groups excluding carboxylic acids is 1. The van der Waals surface area contributed by atoms with Crippen molar-refractivity contribution in [2.75, 3.05) is 59.5 Å². The number of hydrogen-bond donors (Lipinski definition) is 7. The molecule has 7 N–H and O–H groups in total. The molecule has 15 nitrogen and oxygen atoms in total. The van der Waals surface area contributed by atoms with Crippen molar-refractivity contribution in [3.8, 4) is 107 Å². The summed E-state index contributed by atoms with van der Waals surface area (Å²) in [5, 5.41) is 2.46. The molecule has 18 heteroatoms. The molecule has 0 atom stereocenters. The van der Waals surface area contributed by atoms with Crippen LogP contribution in [0.5, 0.6) is 0 Å². The molecule has 0 aliphatic rings. The van der Waals surface area contributed by atoms with Gasteiger partial charge in [0.05, 0.1) is 52.8 Å². The quantitative estimate of drug-likeness (QED) is 0.0542. The summed E-state index contributed by atoms with van der Waals surface area (Å²) in [5.74, 6) is 38.0. The molecule has 0 aromatic heterocycles. The molecule has 0 unspecified atom stereocenters. The standard InChI is InChI=1S/C30H29N2O13P3/c1-4-5-6-7-8-9-10-11-12-13-14-15-16-17-18-19-21-32(2,3)22-20-29(33)31-30(23-43-26-46(34,35)36,24-44-27-47(37,38)39)25-45-28-48(40,41)42/h1H,20,22-28H2,2-3H3,(H6-,31,33,34,35,36,37,38,39,40,41,42)/p+1. The average Bonchev–Trinajstić information content (AvgIpc) is 2.94. The summed E-state index contributed by atoms with van der Waals surface area (Å²) in [6.45, 7) is -2.10. The lowest BCUT2D eigenvalue weighted by Gasteiger charge is -2.34. The Labute approximate surface area is 278 Å². The van der Waals surface area contributed by atoms with Gasteiger partial charge in [-0.15, -0.1) is 6.42 Å². The lowest BCUT2D eigenvalue weighted by molar-refractivity contribution is -0.821. The number of carbonyl (C=O) groups is 1. The summed E-state index contributed by atoms with van der Waals surface area (Å²) in [4.78, 5) is 67.6. The second-order valence-electron chi connectivity index (χ2n) is 9.54. The Morgan fingerprint density at radius 1 is 0.625 bits per heavy atom. The van der Waals surface area contributed by atoms with E-state index in [1.54, 1.807) is 14.1 Å². The van der Waals surface area contributed by atoms with Crippen LogP contribution in [0.1, 0.15) is 6.42 Å². The molecule has 0 radical (unpaired) electrons. The molecule has 1 amide bonds. The van der Waals surface area contributed by atoms with E-state index in [9.17, 15) is 18.5 Å². The molecular formula is C30H30N2O13P3+. The molecule has 0 aliphatic heterocycles. The van der Waals surface area contributed by atoms with E-state index < -0.39 is 73.1 Å². The summed E-state index contributed by atoms with van der Waals surface area (Å²) in [6, 6.07) is 2.81. The topological polar surface area (TPSA) is 229 Å². The van der Waals surface area contributed by atoms with Crippen LogP contribution in [-0.4, -0.2) is 105 Å². The minimum absolute atomic E-state index is 0.0437. The first kappa shape index (κ1) is 43.8. The molecular weight excluding hydrogens is 689 g/mol. The number of terminal acetylenes is 1. The molecule has 0 saturated heterocycles. The second kappa shape index (κ2) is 22.4. The van der Waals surface area contributed by atoms with Crippen molar-refractivity contribution in [3.63, 3.8) is 0 Å². The van der Waals surface area contributed by atoms with Gasteiger partial charge in [0.1, 0.15) is 24.6 Å². The van der Waals surface area contributed by atoms with Crippen molar-refractivity contribution in [2.24, 2.45) is 0 Å². The molecule has 0 rings (SSSR count).